The number of aliphatic hydroxyl groups excluding tert-OH is 1. The molecule has 0 bridgehead atoms. The minimum atomic E-state index is -0.302. The van der Waals surface area contributed by atoms with Gasteiger partial charge >= 0.3 is 0 Å². The maximum Gasteiger partial charge on any atom is 0.227 e. The molecule has 0 aliphatic heterocycles. The summed E-state index contributed by atoms with van der Waals surface area (Å²) in [6, 6.07) is 1.21. The highest BCUT2D eigenvalue weighted by molar-refractivity contribution is 5.17. The summed E-state index contributed by atoms with van der Waals surface area (Å²) in [6.45, 7) is 5.22. The van der Waals surface area contributed by atoms with Crippen molar-refractivity contribution >= 4 is 0 Å². The zero-order chi connectivity index (χ0) is 12.7. The molecule has 0 aliphatic rings. The highest BCUT2D eigenvalue weighted by Crippen LogP contribution is 2.05. The van der Waals surface area contributed by atoms with Gasteiger partial charge in [0.1, 0.15) is 25.2 Å². The first kappa shape index (κ1) is 13.7. The normalized spacial score (nSPS) is 10.8. The van der Waals surface area contributed by atoms with Crippen LogP contribution in [-0.2, 0) is 11.3 Å². The summed E-state index contributed by atoms with van der Waals surface area (Å²) in [5, 5.41) is 8.76. The van der Waals surface area contributed by atoms with Gasteiger partial charge in [0.2, 0.25) is 11.2 Å². The van der Waals surface area contributed by atoms with Gasteiger partial charge in [-0.05, 0) is 5.92 Å². The highest BCUT2D eigenvalue weighted by atomic mass is 16.5. The Hall–Kier alpha value is -1.33. The monoisotopic (exact) mass is 242 g/mol. The van der Waals surface area contributed by atoms with Gasteiger partial charge in [-0.2, -0.15) is 0 Å². The first-order valence-electron chi connectivity index (χ1n) is 5.56. The molecule has 0 aromatic carbocycles. The van der Waals surface area contributed by atoms with Gasteiger partial charge < -0.3 is 19.0 Å². The van der Waals surface area contributed by atoms with Crippen LogP contribution in [-0.4, -0.2) is 24.9 Å². The van der Waals surface area contributed by atoms with Gasteiger partial charge in [-0.3, -0.25) is 4.79 Å². The van der Waals surface area contributed by atoms with Gasteiger partial charge in [0.05, 0.1) is 6.61 Å². The Labute approximate surface area is 100.0 Å². The van der Waals surface area contributed by atoms with E-state index in [-0.39, 0.29) is 23.5 Å². The molecule has 17 heavy (non-hydrogen) atoms. The van der Waals surface area contributed by atoms with Crippen molar-refractivity contribution in [3.63, 3.8) is 0 Å². The molecular formula is C12H18O5. The molecule has 0 atom stereocenters. The van der Waals surface area contributed by atoms with Crippen LogP contribution in [0.4, 0.5) is 0 Å². The Morgan fingerprint density at radius 2 is 2.18 bits per heavy atom. The molecule has 1 rings (SSSR count). The summed E-state index contributed by atoms with van der Waals surface area (Å²) in [6.07, 6.45) is 1.20. The zero-order valence-electron chi connectivity index (χ0n) is 10.1. The molecule has 0 fully saturated rings. The zero-order valence-corrected chi connectivity index (χ0v) is 10.1. The Morgan fingerprint density at radius 3 is 2.76 bits per heavy atom. The molecule has 0 unspecified atom stereocenters. The maximum absolute atomic E-state index is 11.4. The first-order valence-corrected chi connectivity index (χ1v) is 5.56. The van der Waals surface area contributed by atoms with Crippen LogP contribution in [0.25, 0.3) is 0 Å². The Morgan fingerprint density at radius 1 is 1.41 bits per heavy atom. The summed E-state index contributed by atoms with van der Waals surface area (Å²) in [5.74, 6) is 0.831. The summed E-state index contributed by atoms with van der Waals surface area (Å²) in [4.78, 5) is 11.4. The molecule has 96 valence electrons. The molecule has 1 N–H and O–H groups in total. The van der Waals surface area contributed by atoms with Crippen LogP contribution in [0.3, 0.4) is 0 Å². The lowest BCUT2D eigenvalue weighted by Crippen LogP contribution is -2.14. The molecule has 0 saturated carbocycles. The van der Waals surface area contributed by atoms with Crippen LogP contribution in [0.5, 0.6) is 5.75 Å². The van der Waals surface area contributed by atoms with Crippen LogP contribution in [0, 0.1) is 5.92 Å². The fourth-order valence-corrected chi connectivity index (χ4v) is 1.16. The van der Waals surface area contributed by atoms with Gasteiger partial charge in [0, 0.05) is 12.7 Å². The van der Waals surface area contributed by atoms with E-state index in [0.717, 1.165) is 0 Å². The van der Waals surface area contributed by atoms with Crippen molar-refractivity contribution in [1.29, 1.82) is 0 Å². The number of ether oxygens (including phenoxy) is 2. The summed E-state index contributed by atoms with van der Waals surface area (Å²) < 4.78 is 15.5. The van der Waals surface area contributed by atoms with E-state index in [9.17, 15) is 4.79 Å². The predicted octanol–water partition coefficient (Wildman–Crippen LogP) is 1.18. The molecule has 0 aliphatic carbocycles. The Bertz CT molecular complexity index is 383. The predicted molar refractivity (Wildman–Crippen MR) is 62.1 cm³/mol. The third-order valence-electron chi connectivity index (χ3n) is 1.94. The standard InChI is InChI=1S/C12H18O5/c1-9(2)7-15-3-4-16-12-8-17-10(6-13)5-11(12)14/h5,8-9,13H,3-4,6-7H2,1-2H3. The third-order valence-corrected chi connectivity index (χ3v) is 1.94. The van der Waals surface area contributed by atoms with Crippen molar-refractivity contribution in [2.24, 2.45) is 5.92 Å². The van der Waals surface area contributed by atoms with Crippen LogP contribution in [0.1, 0.15) is 19.6 Å². The van der Waals surface area contributed by atoms with E-state index in [0.29, 0.717) is 25.7 Å². The second kappa shape index (κ2) is 7.09. The molecule has 1 aromatic rings. The summed E-state index contributed by atoms with van der Waals surface area (Å²) in [7, 11) is 0. The average molecular weight is 242 g/mol. The molecule has 1 aromatic heterocycles. The lowest BCUT2D eigenvalue weighted by atomic mass is 10.2. The van der Waals surface area contributed by atoms with E-state index in [1.807, 2.05) is 0 Å². The van der Waals surface area contributed by atoms with Crippen LogP contribution >= 0.6 is 0 Å². The van der Waals surface area contributed by atoms with E-state index < -0.39 is 0 Å². The van der Waals surface area contributed by atoms with E-state index >= 15 is 0 Å². The van der Waals surface area contributed by atoms with Gasteiger partial charge in [0.15, 0.2) is 0 Å². The smallest absolute Gasteiger partial charge is 0.227 e. The number of hydrogen-bond donors (Lipinski definition) is 1. The molecule has 0 saturated heterocycles. The van der Waals surface area contributed by atoms with Gasteiger partial charge in [0.25, 0.3) is 0 Å². The van der Waals surface area contributed by atoms with Crippen molar-refractivity contribution < 1.29 is 19.0 Å². The van der Waals surface area contributed by atoms with Crippen molar-refractivity contribution in [2.45, 2.75) is 20.5 Å². The van der Waals surface area contributed by atoms with Gasteiger partial charge in [-0.1, -0.05) is 13.8 Å². The number of hydrogen-bond acceptors (Lipinski definition) is 5. The topological polar surface area (TPSA) is 68.9 Å². The second-order valence-corrected chi connectivity index (χ2v) is 4.05. The third kappa shape index (κ3) is 5.01. The maximum atomic E-state index is 11.4. The SMILES string of the molecule is CC(C)COCCOc1coc(CO)cc1=O. The van der Waals surface area contributed by atoms with Crippen LogP contribution in [0.2, 0.25) is 0 Å². The van der Waals surface area contributed by atoms with Gasteiger partial charge in [-0.25, -0.2) is 0 Å². The quantitative estimate of drug-likeness (QED) is 0.727. The Kier molecular flexibility index (Phi) is 5.72. The van der Waals surface area contributed by atoms with Crippen molar-refractivity contribution in [3.8, 4) is 5.75 Å². The lowest BCUT2D eigenvalue weighted by molar-refractivity contribution is 0.0808. The van der Waals surface area contributed by atoms with E-state index in [4.69, 9.17) is 19.0 Å². The lowest BCUT2D eigenvalue weighted by Gasteiger charge is -2.08. The second-order valence-electron chi connectivity index (χ2n) is 4.05. The minimum absolute atomic E-state index is 0.135. The van der Waals surface area contributed by atoms with E-state index in [2.05, 4.69) is 13.8 Å². The van der Waals surface area contributed by atoms with E-state index in [1.54, 1.807) is 0 Å². The molecule has 0 spiro atoms. The van der Waals surface area contributed by atoms with Gasteiger partial charge in [-0.15, -0.1) is 0 Å². The largest absolute Gasteiger partial charge is 0.484 e. The van der Waals surface area contributed by atoms with Crippen molar-refractivity contribution in [2.75, 3.05) is 19.8 Å². The minimum Gasteiger partial charge on any atom is -0.484 e. The van der Waals surface area contributed by atoms with Crippen molar-refractivity contribution in [3.05, 3.63) is 28.3 Å². The summed E-state index contributed by atoms with van der Waals surface area (Å²) in [5.41, 5.74) is -0.302. The average Bonchev–Trinajstić information content (AvgIpc) is 2.30. The van der Waals surface area contributed by atoms with Crippen LogP contribution in [0.15, 0.2) is 21.5 Å². The fourth-order valence-electron chi connectivity index (χ4n) is 1.16. The molecular weight excluding hydrogens is 224 g/mol. The van der Waals surface area contributed by atoms with E-state index in [1.165, 1.54) is 12.3 Å². The fraction of sp³-hybridized carbons (Fsp3) is 0.583. The molecule has 5 nitrogen and oxygen atoms in total. The molecule has 0 radical (unpaired) electrons. The van der Waals surface area contributed by atoms with Crippen molar-refractivity contribution in [1.82, 2.24) is 0 Å². The first-order chi connectivity index (χ1) is 8.13. The van der Waals surface area contributed by atoms with Crippen LogP contribution < -0.4 is 10.2 Å². The number of aliphatic hydroxyl groups is 1. The molecule has 0 amide bonds. The summed E-state index contributed by atoms with van der Waals surface area (Å²) >= 11 is 0. The molecule has 1 heterocycles. The Balaban J connectivity index is 2.34. The molecule has 5 heteroatoms. The number of rotatable bonds is 7. The highest BCUT2D eigenvalue weighted by Gasteiger charge is 2.03.